The number of terminal acetylenes is 1. The van der Waals surface area contributed by atoms with Crippen LogP contribution in [0.2, 0.25) is 0 Å². The van der Waals surface area contributed by atoms with Gasteiger partial charge in [0.05, 0.1) is 18.3 Å². The minimum Gasteiger partial charge on any atom is -0.460 e. The molecule has 1 rings (SSSR count). The first-order valence-corrected chi connectivity index (χ1v) is 9.64. The third-order valence-corrected chi connectivity index (χ3v) is 4.48. The fourth-order valence-corrected chi connectivity index (χ4v) is 3.32. The average Bonchev–Trinajstić information content (AvgIpc) is 2.61. The van der Waals surface area contributed by atoms with Crippen molar-refractivity contribution in [1.82, 2.24) is 0 Å². The van der Waals surface area contributed by atoms with Crippen molar-refractivity contribution in [2.75, 3.05) is 0 Å². The van der Waals surface area contributed by atoms with Crippen molar-refractivity contribution in [2.45, 2.75) is 90.0 Å². The van der Waals surface area contributed by atoms with Crippen LogP contribution in [0.25, 0.3) is 0 Å². The number of aliphatic hydroxyl groups is 1. The Labute approximate surface area is 171 Å². The van der Waals surface area contributed by atoms with E-state index in [-0.39, 0.29) is 12.8 Å². The number of rotatable bonds is 7. The van der Waals surface area contributed by atoms with Gasteiger partial charge in [-0.3, -0.25) is 14.4 Å². The van der Waals surface area contributed by atoms with E-state index in [9.17, 15) is 19.5 Å². The van der Waals surface area contributed by atoms with Crippen LogP contribution in [-0.2, 0) is 33.3 Å². The molecule has 0 unspecified atom stereocenters. The smallest absolute Gasteiger partial charge is 0.302 e. The normalized spacial score (nSPS) is 28.5. The fraction of sp³-hybridized carbons (Fsp3) is 0.667. The van der Waals surface area contributed by atoms with Crippen molar-refractivity contribution in [3.63, 3.8) is 0 Å². The van der Waals surface area contributed by atoms with Gasteiger partial charge in [-0.05, 0) is 18.9 Å². The Bertz CT molecular complexity index is 635. The molecule has 0 bridgehead atoms. The Morgan fingerprint density at radius 3 is 2.28 bits per heavy atom. The van der Waals surface area contributed by atoms with Crippen LogP contribution in [0.1, 0.15) is 53.4 Å². The highest BCUT2D eigenvalue weighted by Gasteiger charge is 2.40. The molecule has 8 nitrogen and oxygen atoms in total. The molecule has 6 atom stereocenters. The first-order chi connectivity index (χ1) is 13.7. The van der Waals surface area contributed by atoms with Crippen LogP contribution < -0.4 is 0 Å². The summed E-state index contributed by atoms with van der Waals surface area (Å²) in [7, 11) is 0. The zero-order valence-electron chi connectivity index (χ0n) is 17.3. The summed E-state index contributed by atoms with van der Waals surface area (Å²) >= 11 is 0. The van der Waals surface area contributed by atoms with E-state index < -0.39 is 54.5 Å². The number of allylic oxidation sites excluding steroid dienone is 1. The van der Waals surface area contributed by atoms with E-state index >= 15 is 0 Å². The summed E-state index contributed by atoms with van der Waals surface area (Å²) in [5.74, 6) is 0.801. The zero-order valence-corrected chi connectivity index (χ0v) is 17.3. The van der Waals surface area contributed by atoms with Crippen molar-refractivity contribution < 1.29 is 38.4 Å². The molecule has 0 aliphatic carbocycles. The number of ether oxygens (including phenoxy) is 4. The van der Waals surface area contributed by atoms with Gasteiger partial charge < -0.3 is 24.1 Å². The highest BCUT2D eigenvalue weighted by atomic mass is 16.6. The van der Waals surface area contributed by atoms with Crippen LogP contribution in [0.5, 0.6) is 0 Å². The molecule has 1 heterocycles. The molecular formula is C21H30O8. The van der Waals surface area contributed by atoms with E-state index in [0.717, 1.165) is 0 Å². The summed E-state index contributed by atoms with van der Waals surface area (Å²) in [5.41, 5.74) is 0. The van der Waals surface area contributed by atoms with Crippen LogP contribution in [0.3, 0.4) is 0 Å². The topological polar surface area (TPSA) is 108 Å². The highest BCUT2D eigenvalue weighted by molar-refractivity contribution is 5.67. The summed E-state index contributed by atoms with van der Waals surface area (Å²) in [6, 6.07) is 0. The maximum atomic E-state index is 11.6. The molecule has 1 aliphatic rings. The summed E-state index contributed by atoms with van der Waals surface area (Å²) in [6.45, 7) is 5.61. The monoisotopic (exact) mass is 410 g/mol. The molecule has 0 aromatic carbocycles. The Kier molecular flexibility index (Phi) is 10.4. The van der Waals surface area contributed by atoms with Crippen molar-refractivity contribution >= 4 is 17.9 Å². The van der Waals surface area contributed by atoms with Crippen LogP contribution in [0.15, 0.2) is 12.2 Å². The Morgan fingerprint density at radius 2 is 1.76 bits per heavy atom. The van der Waals surface area contributed by atoms with Gasteiger partial charge in [0.15, 0.2) is 0 Å². The molecule has 0 radical (unpaired) electrons. The van der Waals surface area contributed by atoms with Gasteiger partial charge in [-0.2, -0.15) is 0 Å². The molecule has 0 amide bonds. The van der Waals surface area contributed by atoms with E-state index in [2.05, 4.69) is 5.92 Å². The van der Waals surface area contributed by atoms with E-state index in [1.54, 1.807) is 6.08 Å². The first kappa shape index (κ1) is 24.7. The van der Waals surface area contributed by atoms with Gasteiger partial charge in [0, 0.05) is 33.6 Å². The molecule has 1 aliphatic heterocycles. The van der Waals surface area contributed by atoms with Crippen LogP contribution >= 0.6 is 0 Å². The number of carbonyl (C=O) groups is 3. The SMILES string of the molecule is C#C/C=C\C[C@H]1O[C@H]([C@H](CC)OC(C)=O)C[C@@H](O)[C@H](OC(C)=O)C[C@H]1OC(C)=O. The Balaban J connectivity index is 3.26. The molecule has 1 N–H and O–H groups in total. The van der Waals surface area contributed by atoms with Crippen LogP contribution in [-0.4, -0.2) is 59.6 Å². The number of hydrogen-bond donors (Lipinski definition) is 1. The number of aliphatic hydroxyl groups excluding tert-OH is 1. The first-order valence-electron chi connectivity index (χ1n) is 9.64. The lowest BCUT2D eigenvalue weighted by atomic mass is 9.92. The lowest BCUT2D eigenvalue weighted by Gasteiger charge is -2.39. The molecule has 0 spiro atoms. The largest absolute Gasteiger partial charge is 0.460 e. The highest BCUT2D eigenvalue weighted by Crippen LogP contribution is 2.29. The average molecular weight is 410 g/mol. The number of hydrogen-bond acceptors (Lipinski definition) is 8. The molecule has 29 heavy (non-hydrogen) atoms. The number of esters is 3. The third-order valence-electron chi connectivity index (χ3n) is 4.48. The van der Waals surface area contributed by atoms with Crippen molar-refractivity contribution in [3.8, 4) is 12.3 Å². The van der Waals surface area contributed by atoms with E-state index in [1.807, 2.05) is 6.92 Å². The summed E-state index contributed by atoms with van der Waals surface area (Å²) in [6.07, 6.45) is 4.60. The van der Waals surface area contributed by atoms with Gasteiger partial charge >= 0.3 is 17.9 Å². The standard InChI is InChI=1S/C21H30O8/c1-6-8-9-10-18-21(28-15(5)24)12-19(27-14(4)23)16(25)11-20(29-18)17(7-2)26-13(3)22/h1,8-9,16-21,25H,7,10-12H2,2-5H3/b9-8-/t16-,17+,18-,19-,20+,21-/m1/s1. The maximum absolute atomic E-state index is 11.6. The summed E-state index contributed by atoms with van der Waals surface area (Å²) in [5, 5.41) is 10.6. The van der Waals surface area contributed by atoms with Crippen LogP contribution in [0, 0.1) is 12.3 Å². The Morgan fingerprint density at radius 1 is 1.14 bits per heavy atom. The third kappa shape index (κ3) is 8.67. The molecule has 1 saturated heterocycles. The molecule has 8 heteroatoms. The minimum atomic E-state index is -1.09. The van der Waals surface area contributed by atoms with Gasteiger partial charge in [0.25, 0.3) is 0 Å². The lowest BCUT2D eigenvalue weighted by molar-refractivity contribution is -0.196. The van der Waals surface area contributed by atoms with Crippen LogP contribution in [0.4, 0.5) is 0 Å². The zero-order chi connectivity index (χ0) is 22.0. The second kappa shape index (κ2) is 12.2. The van der Waals surface area contributed by atoms with Gasteiger partial charge in [0.2, 0.25) is 0 Å². The van der Waals surface area contributed by atoms with E-state index in [4.69, 9.17) is 25.4 Å². The molecule has 0 aromatic heterocycles. The van der Waals surface area contributed by atoms with Gasteiger partial charge in [0.1, 0.15) is 18.3 Å². The Hall–Kier alpha value is -2.37. The summed E-state index contributed by atoms with van der Waals surface area (Å²) < 4.78 is 22.2. The molecule has 0 saturated carbocycles. The van der Waals surface area contributed by atoms with Crippen molar-refractivity contribution in [2.24, 2.45) is 0 Å². The second-order valence-electron chi connectivity index (χ2n) is 6.91. The molecule has 1 fully saturated rings. The van der Waals surface area contributed by atoms with Gasteiger partial charge in [-0.15, -0.1) is 6.42 Å². The van der Waals surface area contributed by atoms with E-state index in [1.165, 1.54) is 26.8 Å². The summed E-state index contributed by atoms with van der Waals surface area (Å²) in [4.78, 5) is 34.7. The predicted octanol–water partition coefficient (Wildman–Crippen LogP) is 1.68. The maximum Gasteiger partial charge on any atom is 0.302 e. The van der Waals surface area contributed by atoms with Crippen molar-refractivity contribution in [1.29, 1.82) is 0 Å². The molecule has 0 aromatic rings. The minimum absolute atomic E-state index is 0.0615. The predicted molar refractivity (Wildman–Crippen MR) is 103 cm³/mol. The second-order valence-corrected chi connectivity index (χ2v) is 6.91. The van der Waals surface area contributed by atoms with Crippen molar-refractivity contribution in [3.05, 3.63) is 12.2 Å². The van der Waals surface area contributed by atoms with E-state index in [0.29, 0.717) is 12.8 Å². The lowest BCUT2D eigenvalue weighted by Crippen LogP contribution is -2.50. The molecular weight excluding hydrogens is 380 g/mol. The van der Waals surface area contributed by atoms with Gasteiger partial charge in [-0.1, -0.05) is 18.9 Å². The molecule has 162 valence electrons. The number of carbonyl (C=O) groups excluding carboxylic acids is 3. The quantitative estimate of drug-likeness (QED) is 0.384. The van der Waals surface area contributed by atoms with Gasteiger partial charge in [-0.25, -0.2) is 0 Å². The fourth-order valence-electron chi connectivity index (χ4n) is 3.32.